The maximum Gasteiger partial charge on any atom is 0.246 e. The molecule has 0 aromatic heterocycles. The quantitative estimate of drug-likeness (QED) is 0.329. The number of carbonyl (C=O) groups excluding carboxylic acids is 3. The molecule has 4 aliphatic rings. The maximum absolute atomic E-state index is 14.3. The summed E-state index contributed by atoms with van der Waals surface area (Å²) in [6.07, 6.45) is 6.86. The number of halogens is 2. The number of ether oxygens (including phenoxy) is 1. The van der Waals surface area contributed by atoms with Gasteiger partial charge >= 0.3 is 0 Å². The van der Waals surface area contributed by atoms with E-state index in [0.717, 1.165) is 32.4 Å². The first-order valence-corrected chi connectivity index (χ1v) is 16.8. The van der Waals surface area contributed by atoms with E-state index >= 15 is 0 Å². The van der Waals surface area contributed by atoms with Gasteiger partial charge in [-0.1, -0.05) is 92.4 Å². The van der Waals surface area contributed by atoms with Gasteiger partial charge in [-0.25, -0.2) is 0 Å². The molecule has 2 N–H and O–H groups in total. The van der Waals surface area contributed by atoms with E-state index in [1.165, 1.54) is 5.56 Å². The van der Waals surface area contributed by atoms with Crippen molar-refractivity contribution in [3.05, 3.63) is 76.3 Å². The summed E-state index contributed by atoms with van der Waals surface area (Å²) < 4.78 is 6.52. The summed E-state index contributed by atoms with van der Waals surface area (Å²) in [4.78, 5) is 46.3. The van der Waals surface area contributed by atoms with E-state index in [-0.39, 0.29) is 23.8 Å². The van der Waals surface area contributed by atoms with Gasteiger partial charge in [0.25, 0.3) is 0 Å². The van der Waals surface area contributed by atoms with Crippen molar-refractivity contribution < 1.29 is 19.1 Å². The van der Waals surface area contributed by atoms with Crippen molar-refractivity contribution in [2.24, 2.45) is 23.7 Å². The zero-order valence-corrected chi connectivity index (χ0v) is 27.6. The number of carbonyl (C=O) groups is 3. The standard InChI is InChI=1S/C35H42Cl2N4O4/c1-21-9-7-12-27(22(21)2)39-33(43)31-35-14-13-28(45-35)29(32(42)38-26-18-24(36)17-25(37)19-26)30(35)34(44)41(31)16-8-15-40(3)20-23-10-5-4-6-11-23/h4-6,10-11,13-14,17-19,21-22,27-31H,7-9,12,15-16,20H2,1-3H3,(H,38,42)(H,39,43)/t21-,22-,27+,28+,29+,30+,31+,35+/m1/s1. The highest BCUT2D eigenvalue weighted by molar-refractivity contribution is 6.35. The Hall–Kier alpha value is -2.91. The predicted octanol–water partition coefficient (Wildman–Crippen LogP) is 5.55. The molecular formula is C35H42Cl2N4O4. The third-order valence-corrected chi connectivity index (χ3v) is 10.8. The topological polar surface area (TPSA) is 91.0 Å². The molecule has 1 spiro atoms. The molecule has 3 heterocycles. The van der Waals surface area contributed by atoms with Crippen LogP contribution in [0.25, 0.3) is 0 Å². The Morgan fingerprint density at radius 1 is 1.07 bits per heavy atom. The fraction of sp³-hybridized carbons (Fsp3) is 0.514. The third kappa shape index (κ3) is 6.27. The average molecular weight is 654 g/mol. The van der Waals surface area contributed by atoms with Gasteiger partial charge in [-0.05, 0) is 62.0 Å². The van der Waals surface area contributed by atoms with Crippen LogP contribution in [0.2, 0.25) is 10.0 Å². The van der Waals surface area contributed by atoms with Gasteiger partial charge in [-0.3, -0.25) is 14.4 Å². The minimum atomic E-state index is -1.21. The first-order chi connectivity index (χ1) is 21.6. The molecule has 3 amide bonds. The summed E-state index contributed by atoms with van der Waals surface area (Å²) in [5, 5.41) is 7.00. The Balaban J connectivity index is 1.23. The summed E-state index contributed by atoms with van der Waals surface area (Å²) in [5.41, 5.74) is 0.445. The number of benzene rings is 2. The Bertz CT molecular complexity index is 1450. The van der Waals surface area contributed by atoms with Crippen LogP contribution >= 0.6 is 23.2 Å². The van der Waals surface area contributed by atoms with E-state index in [4.69, 9.17) is 27.9 Å². The van der Waals surface area contributed by atoms with E-state index in [1.807, 2.05) is 30.4 Å². The molecule has 0 unspecified atom stereocenters. The predicted molar refractivity (Wildman–Crippen MR) is 176 cm³/mol. The van der Waals surface area contributed by atoms with Gasteiger partial charge in [-0.2, -0.15) is 0 Å². The number of likely N-dealkylation sites (tertiary alicyclic amines) is 1. The lowest BCUT2D eigenvalue weighted by atomic mass is 9.73. The van der Waals surface area contributed by atoms with Crippen LogP contribution in [0.15, 0.2) is 60.7 Å². The van der Waals surface area contributed by atoms with Crippen molar-refractivity contribution >= 4 is 46.6 Å². The monoisotopic (exact) mass is 652 g/mol. The van der Waals surface area contributed by atoms with Crippen LogP contribution in [0, 0.1) is 23.7 Å². The second-order valence-electron chi connectivity index (χ2n) is 13.3. The van der Waals surface area contributed by atoms with Crippen molar-refractivity contribution in [1.29, 1.82) is 0 Å². The van der Waals surface area contributed by atoms with Crippen molar-refractivity contribution in [2.75, 3.05) is 25.5 Å². The first kappa shape index (κ1) is 32.0. The minimum absolute atomic E-state index is 0.0277. The van der Waals surface area contributed by atoms with Crippen molar-refractivity contribution in [2.45, 2.75) is 69.9 Å². The Morgan fingerprint density at radius 3 is 2.53 bits per heavy atom. The molecule has 2 bridgehead atoms. The second kappa shape index (κ2) is 13.1. The number of rotatable bonds is 10. The molecule has 240 valence electrons. The van der Waals surface area contributed by atoms with Gasteiger partial charge in [0.05, 0.1) is 17.9 Å². The van der Waals surface area contributed by atoms with Gasteiger partial charge in [-0.15, -0.1) is 0 Å². The Labute approximate surface area is 275 Å². The van der Waals surface area contributed by atoms with Crippen LogP contribution in [-0.2, 0) is 25.7 Å². The summed E-state index contributed by atoms with van der Waals surface area (Å²) >= 11 is 12.4. The molecule has 2 saturated heterocycles. The number of fused-ring (bicyclic) bond motifs is 1. The van der Waals surface area contributed by atoms with Gasteiger partial charge < -0.3 is 25.2 Å². The van der Waals surface area contributed by atoms with Gasteiger partial charge in [0.1, 0.15) is 11.6 Å². The highest BCUT2D eigenvalue weighted by atomic mass is 35.5. The van der Waals surface area contributed by atoms with E-state index < -0.39 is 29.6 Å². The van der Waals surface area contributed by atoms with Gasteiger partial charge in [0.2, 0.25) is 17.7 Å². The van der Waals surface area contributed by atoms with Crippen LogP contribution < -0.4 is 10.6 Å². The molecule has 2 aromatic carbocycles. The largest absolute Gasteiger partial charge is 0.359 e. The molecule has 3 aliphatic heterocycles. The molecule has 8 nitrogen and oxygen atoms in total. The van der Waals surface area contributed by atoms with Crippen LogP contribution in [0.4, 0.5) is 5.69 Å². The zero-order valence-electron chi connectivity index (χ0n) is 26.0. The van der Waals surface area contributed by atoms with E-state index in [2.05, 4.69) is 48.6 Å². The van der Waals surface area contributed by atoms with Crippen molar-refractivity contribution in [3.63, 3.8) is 0 Å². The third-order valence-electron chi connectivity index (χ3n) is 10.3. The highest BCUT2D eigenvalue weighted by Gasteiger charge is 2.72. The number of anilines is 1. The summed E-state index contributed by atoms with van der Waals surface area (Å²) in [6, 6.07) is 14.2. The lowest BCUT2D eigenvalue weighted by molar-refractivity contribution is -0.141. The van der Waals surface area contributed by atoms with E-state index in [0.29, 0.717) is 40.5 Å². The lowest BCUT2D eigenvalue weighted by Crippen LogP contribution is -2.58. The molecule has 45 heavy (non-hydrogen) atoms. The zero-order chi connectivity index (χ0) is 31.9. The van der Waals surface area contributed by atoms with Crippen molar-refractivity contribution in [1.82, 2.24) is 15.1 Å². The number of hydrogen-bond acceptors (Lipinski definition) is 5. The minimum Gasteiger partial charge on any atom is -0.359 e. The summed E-state index contributed by atoms with van der Waals surface area (Å²) in [7, 11) is 2.05. The molecule has 3 fully saturated rings. The summed E-state index contributed by atoms with van der Waals surface area (Å²) in [5.74, 6) is -1.57. The molecule has 1 saturated carbocycles. The molecule has 8 atom stereocenters. The van der Waals surface area contributed by atoms with Crippen LogP contribution in [-0.4, -0.2) is 71.4 Å². The maximum atomic E-state index is 14.3. The Kier molecular flexibility index (Phi) is 9.31. The molecule has 0 radical (unpaired) electrons. The van der Waals surface area contributed by atoms with Crippen LogP contribution in [0.3, 0.4) is 0 Å². The molecule has 1 aliphatic carbocycles. The first-order valence-electron chi connectivity index (χ1n) is 16.0. The average Bonchev–Trinajstić information content (AvgIpc) is 3.63. The van der Waals surface area contributed by atoms with Crippen LogP contribution in [0.1, 0.15) is 45.1 Å². The number of nitrogens with one attached hydrogen (secondary N) is 2. The number of hydrogen-bond donors (Lipinski definition) is 2. The molecule has 10 heteroatoms. The van der Waals surface area contributed by atoms with Crippen molar-refractivity contribution in [3.8, 4) is 0 Å². The summed E-state index contributed by atoms with van der Waals surface area (Å²) in [6.45, 7) is 6.32. The SMILES string of the molecule is C[C@@H]1[C@H](C)CCC[C@@H]1NC(=O)[C@@H]1N(CCCN(C)Cc2ccccc2)C(=O)[C@@H]2[C@@H](C(=O)Nc3cc(Cl)cc(Cl)c3)[C@@H]3C=C[C@]21O3. The normalized spacial score (nSPS) is 31.8. The van der Waals surface area contributed by atoms with Gasteiger partial charge in [0.15, 0.2) is 0 Å². The Morgan fingerprint density at radius 2 is 1.80 bits per heavy atom. The van der Waals surface area contributed by atoms with E-state index in [9.17, 15) is 14.4 Å². The van der Waals surface area contributed by atoms with E-state index in [1.54, 1.807) is 23.1 Å². The lowest BCUT2D eigenvalue weighted by Gasteiger charge is -2.38. The van der Waals surface area contributed by atoms with Crippen LogP contribution in [0.5, 0.6) is 0 Å². The fourth-order valence-electron chi connectivity index (χ4n) is 7.89. The highest BCUT2D eigenvalue weighted by Crippen LogP contribution is 2.55. The second-order valence-corrected chi connectivity index (χ2v) is 14.2. The number of amides is 3. The smallest absolute Gasteiger partial charge is 0.246 e. The fourth-order valence-corrected chi connectivity index (χ4v) is 8.42. The molecule has 6 rings (SSSR count). The number of nitrogens with zero attached hydrogens (tertiary/aromatic N) is 2. The molecule has 2 aromatic rings. The van der Waals surface area contributed by atoms with Gasteiger partial charge in [0, 0.05) is 34.9 Å². The molecular weight excluding hydrogens is 611 g/mol.